The molecule has 0 aromatic heterocycles. The summed E-state index contributed by atoms with van der Waals surface area (Å²) in [5, 5.41) is 16.7. The Morgan fingerprint density at radius 3 is 1.85 bits per heavy atom. The van der Waals surface area contributed by atoms with E-state index in [9.17, 15) is 29.1 Å². The summed E-state index contributed by atoms with van der Waals surface area (Å²) < 4.78 is 0. The Kier molecular flexibility index (Phi) is 13.9. The average molecular weight is 473 g/mol. The molecule has 0 aromatic carbocycles. The molecule has 4 unspecified atom stereocenters. The van der Waals surface area contributed by atoms with E-state index in [1.54, 1.807) is 13.8 Å². The molecule has 0 rings (SSSR count). The molecule has 4 amide bonds. The lowest BCUT2D eigenvalue weighted by Gasteiger charge is -2.26. The maximum Gasteiger partial charge on any atom is 0.326 e. The molecule has 0 fully saturated rings. The normalized spacial score (nSPS) is 14.8. The topological polar surface area (TPSA) is 220 Å². The van der Waals surface area contributed by atoms with Crippen molar-refractivity contribution < 1.29 is 29.1 Å². The molecule has 4 atom stereocenters. The van der Waals surface area contributed by atoms with E-state index in [4.69, 9.17) is 17.2 Å². The second-order valence-electron chi connectivity index (χ2n) is 8.88. The zero-order chi connectivity index (χ0) is 25.7. The van der Waals surface area contributed by atoms with Crippen molar-refractivity contribution in [3.8, 4) is 0 Å². The van der Waals surface area contributed by atoms with Crippen LogP contribution in [0.1, 0.15) is 59.8 Å². The molecule has 0 aliphatic carbocycles. The van der Waals surface area contributed by atoms with E-state index in [1.165, 1.54) is 0 Å². The van der Waals surface area contributed by atoms with Gasteiger partial charge in [0, 0.05) is 0 Å². The van der Waals surface area contributed by atoms with Crippen LogP contribution in [0.5, 0.6) is 0 Å². The first-order chi connectivity index (χ1) is 15.3. The van der Waals surface area contributed by atoms with E-state index >= 15 is 0 Å². The van der Waals surface area contributed by atoms with Crippen molar-refractivity contribution in [1.29, 1.82) is 0 Å². The maximum atomic E-state index is 12.9. The van der Waals surface area contributed by atoms with Gasteiger partial charge in [0.15, 0.2) is 0 Å². The molecule has 0 heterocycles. The number of rotatable bonds is 16. The minimum Gasteiger partial charge on any atom is -0.480 e. The van der Waals surface area contributed by atoms with Crippen molar-refractivity contribution >= 4 is 29.6 Å². The Balaban J connectivity index is 5.43. The molecule has 0 aliphatic heterocycles. The van der Waals surface area contributed by atoms with Crippen molar-refractivity contribution in [1.82, 2.24) is 16.0 Å². The summed E-state index contributed by atoms with van der Waals surface area (Å²) in [6.07, 6.45) is 1.36. The molecular formula is C21H40N6O6. The molecule has 12 nitrogen and oxygen atoms in total. The monoisotopic (exact) mass is 472 g/mol. The van der Waals surface area contributed by atoms with Gasteiger partial charge in [-0.2, -0.15) is 0 Å². The summed E-state index contributed by atoms with van der Waals surface area (Å²) >= 11 is 0. The summed E-state index contributed by atoms with van der Waals surface area (Å²) in [6, 6.07) is -4.46. The minimum absolute atomic E-state index is 0.0245. The smallest absolute Gasteiger partial charge is 0.326 e. The number of carboxylic acids is 1. The predicted molar refractivity (Wildman–Crippen MR) is 122 cm³/mol. The molecule has 0 aliphatic rings. The van der Waals surface area contributed by atoms with Crippen molar-refractivity contribution in [2.45, 2.75) is 84.0 Å². The maximum absolute atomic E-state index is 12.9. The van der Waals surface area contributed by atoms with Gasteiger partial charge >= 0.3 is 5.97 Å². The van der Waals surface area contributed by atoms with E-state index in [0.717, 1.165) is 0 Å². The lowest BCUT2D eigenvalue weighted by atomic mass is 10.00. The average Bonchev–Trinajstić information content (AvgIpc) is 2.69. The largest absolute Gasteiger partial charge is 0.480 e. The molecule has 0 aromatic rings. The van der Waals surface area contributed by atoms with Gasteiger partial charge in [-0.15, -0.1) is 0 Å². The van der Waals surface area contributed by atoms with Gasteiger partial charge in [-0.3, -0.25) is 19.2 Å². The van der Waals surface area contributed by atoms with Crippen molar-refractivity contribution in [2.24, 2.45) is 29.0 Å². The molecule has 0 saturated carbocycles. The van der Waals surface area contributed by atoms with E-state index in [0.29, 0.717) is 25.8 Å². The van der Waals surface area contributed by atoms with Gasteiger partial charge in [0.25, 0.3) is 0 Å². The zero-order valence-electron chi connectivity index (χ0n) is 19.9. The molecule has 33 heavy (non-hydrogen) atoms. The van der Waals surface area contributed by atoms with Crippen LogP contribution in [0.15, 0.2) is 0 Å². The molecule has 0 bridgehead atoms. The number of unbranched alkanes of at least 4 members (excludes halogenated alkanes) is 1. The second kappa shape index (κ2) is 15.2. The number of nitrogens with one attached hydrogen (secondary N) is 3. The Hall–Kier alpha value is -2.73. The third-order valence-electron chi connectivity index (χ3n) is 4.91. The first-order valence-corrected chi connectivity index (χ1v) is 11.2. The second-order valence-corrected chi connectivity index (χ2v) is 8.88. The summed E-state index contributed by atoms with van der Waals surface area (Å²) in [6.45, 7) is 7.40. The van der Waals surface area contributed by atoms with Gasteiger partial charge in [0.2, 0.25) is 23.6 Å². The highest BCUT2D eigenvalue weighted by atomic mass is 16.4. The van der Waals surface area contributed by atoms with Crippen LogP contribution in [0, 0.1) is 11.8 Å². The fraction of sp³-hybridized carbons (Fsp3) is 0.762. The minimum atomic E-state index is -1.33. The third-order valence-corrected chi connectivity index (χ3v) is 4.91. The number of carbonyl (C=O) groups excluding carboxylic acids is 4. The van der Waals surface area contributed by atoms with E-state index in [1.807, 2.05) is 13.8 Å². The molecule has 0 spiro atoms. The first-order valence-electron chi connectivity index (χ1n) is 11.2. The highest BCUT2D eigenvalue weighted by Crippen LogP contribution is 2.09. The predicted octanol–water partition coefficient (Wildman–Crippen LogP) is -1.44. The summed E-state index contributed by atoms with van der Waals surface area (Å²) in [5.41, 5.74) is 16.5. The van der Waals surface area contributed by atoms with Crippen molar-refractivity contribution in [3.63, 3.8) is 0 Å². The van der Waals surface area contributed by atoms with Gasteiger partial charge in [-0.05, 0) is 37.6 Å². The third kappa shape index (κ3) is 12.2. The SMILES string of the molecule is CC(C)CC(NC(=O)C(CC(N)=O)NC(=O)C(N)CCCCN)C(=O)NC(C(=O)O)C(C)C. The number of aliphatic carboxylic acids is 1. The lowest BCUT2D eigenvalue weighted by Crippen LogP contribution is -2.58. The van der Waals surface area contributed by atoms with E-state index in [-0.39, 0.29) is 18.3 Å². The van der Waals surface area contributed by atoms with Crippen LogP contribution in [0.4, 0.5) is 0 Å². The van der Waals surface area contributed by atoms with Crippen LogP contribution in [0.3, 0.4) is 0 Å². The number of hydrogen-bond donors (Lipinski definition) is 7. The first kappa shape index (κ1) is 30.3. The van der Waals surface area contributed by atoms with Crippen LogP contribution >= 0.6 is 0 Å². The van der Waals surface area contributed by atoms with Gasteiger partial charge in [-0.25, -0.2) is 4.79 Å². The number of hydrogen-bond acceptors (Lipinski definition) is 7. The summed E-state index contributed by atoms with van der Waals surface area (Å²) in [7, 11) is 0. The molecular weight excluding hydrogens is 432 g/mol. The van der Waals surface area contributed by atoms with E-state index < -0.39 is 60.2 Å². The fourth-order valence-corrected chi connectivity index (χ4v) is 3.07. The van der Waals surface area contributed by atoms with Crippen LogP contribution < -0.4 is 33.2 Å². The van der Waals surface area contributed by atoms with Crippen molar-refractivity contribution in [3.05, 3.63) is 0 Å². The number of primary amides is 1. The standard InChI is InChI=1S/C21H40N6O6/c1-11(2)9-14(20(31)27-17(12(3)4)21(32)33)26-19(30)15(10-16(24)28)25-18(29)13(23)7-5-6-8-22/h11-15,17H,5-10,22-23H2,1-4H3,(H2,24,28)(H,25,29)(H,26,30)(H,27,31)(H,32,33). The van der Waals surface area contributed by atoms with Crippen LogP contribution in [0.25, 0.3) is 0 Å². The van der Waals surface area contributed by atoms with Crippen molar-refractivity contribution in [2.75, 3.05) is 6.54 Å². The molecule has 0 saturated heterocycles. The van der Waals surface area contributed by atoms with Crippen LogP contribution in [-0.2, 0) is 24.0 Å². The Morgan fingerprint density at radius 2 is 1.39 bits per heavy atom. The van der Waals surface area contributed by atoms with Crippen LogP contribution in [-0.4, -0.2) is 65.4 Å². The molecule has 190 valence electrons. The zero-order valence-corrected chi connectivity index (χ0v) is 19.9. The highest BCUT2D eigenvalue weighted by molar-refractivity contribution is 5.96. The Labute approximate surface area is 194 Å². The van der Waals surface area contributed by atoms with E-state index in [2.05, 4.69) is 16.0 Å². The Morgan fingerprint density at radius 1 is 0.848 bits per heavy atom. The number of carboxylic acid groups (broad SMARTS) is 1. The van der Waals surface area contributed by atoms with Gasteiger partial charge in [0.05, 0.1) is 12.5 Å². The molecule has 12 heteroatoms. The van der Waals surface area contributed by atoms with Crippen LogP contribution in [0.2, 0.25) is 0 Å². The summed E-state index contributed by atoms with van der Waals surface area (Å²) in [5.74, 6) is -4.55. The van der Waals surface area contributed by atoms with Gasteiger partial charge < -0.3 is 38.3 Å². The molecule has 0 radical (unpaired) electrons. The fourth-order valence-electron chi connectivity index (χ4n) is 3.07. The number of amides is 4. The summed E-state index contributed by atoms with van der Waals surface area (Å²) in [4.78, 5) is 60.9. The Bertz CT molecular complexity index is 684. The quantitative estimate of drug-likeness (QED) is 0.131. The number of carbonyl (C=O) groups is 5. The number of nitrogens with two attached hydrogens (primary N) is 3. The van der Waals surface area contributed by atoms with Gasteiger partial charge in [-0.1, -0.05) is 34.1 Å². The lowest BCUT2D eigenvalue weighted by molar-refractivity contribution is -0.143. The molecule has 10 N–H and O–H groups in total. The highest BCUT2D eigenvalue weighted by Gasteiger charge is 2.32. The van der Waals surface area contributed by atoms with Gasteiger partial charge in [0.1, 0.15) is 18.1 Å².